The van der Waals surface area contributed by atoms with Gasteiger partial charge in [-0.25, -0.2) is 0 Å². The van der Waals surface area contributed by atoms with Crippen molar-refractivity contribution in [3.05, 3.63) is 47.3 Å². The molecule has 1 atom stereocenters. The number of ether oxygens (including phenoxy) is 1. The van der Waals surface area contributed by atoms with E-state index in [2.05, 4.69) is 10.1 Å². The Kier molecular flexibility index (Phi) is 3.57. The van der Waals surface area contributed by atoms with Crippen LogP contribution in [0.25, 0.3) is 11.0 Å². The number of fused-ring (bicyclic) bond motifs is 1. The molecule has 0 unspecified atom stereocenters. The highest BCUT2D eigenvalue weighted by atomic mass is 16.5. The fourth-order valence-electron chi connectivity index (χ4n) is 2.94. The Morgan fingerprint density at radius 3 is 2.88 bits per heavy atom. The highest BCUT2D eigenvalue weighted by molar-refractivity contribution is 5.96. The Morgan fingerprint density at radius 2 is 2.08 bits per heavy atom. The average Bonchev–Trinajstić information content (AvgIpc) is 3.24. The van der Waals surface area contributed by atoms with Gasteiger partial charge in [-0.3, -0.25) is 4.79 Å². The summed E-state index contributed by atoms with van der Waals surface area (Å²) in [6.45, 7) is 5.32. The van der Waals surface area contributed by atoms with Gasteiger partial charge in [0.15, 0.2) is 11.6 Å². The molecule has 2 aromatic heterocycles. The number of aromatic nitrogens is 2. The van der Waals surface area contributed by atoms with Crippen LogP contribution in [0.15, 0.2) is 33.5 Å². The van der Waals surface area contributed by atoms with Gasteiger partial charge in [-0.15, -0.1) is 0 Å². The molecule has 0 bridgehead atoms. The fourth-order valence-corrected chi connectivity index (χ4v) is 2.94. The Labute approximate surface area is 138 Å². The van der Waals surface area contributed by atoms with Gasteiger partial charge < -0.3 is 18.6 Å². The Balaban J connectivity index is 1.69. The summed E-state index contributed by atoms with van der Waals surface area (Å²) in [6.07, 6.45) is 1.25. The first-order chi connectivity index (χ1) is 11.6. The van der Waals surface area contributed by atoms with Gasteiger partial charge in [-0.2, -0.15) is 4.98 Å². The predicted molar refractivity (Wildman–Crippen MR) is 84.6 cm³/mol. The van der Waals surface area contributed by atoms with E-state index in [1.54, 1.807) is 11.0 Å². The smallest absolute Gasteiger partial charge is 0.290 e. The van der Waals surface area contributed by atoms with Crippen molar-refractivity contribution in [1.82, 2.24) is 15.0 Å². The summed E-state index contributed by atoms with van der Waals surface area (Å²) in [6, 6.07) is 5.40. The normalized spacial score (nSPS) is 18.2. The van der Waals surface area contributed by atoms with Crippen LogP contribution in [0.5, 0.6) is 0 Å². The first-order valence-electron chi connectivity index (χ1n) is 7.79. The van der Waals surface area contributed by atoms with Gasteiger partial charge in [0, 0.05) is 11.9 Å². The molecule has 7 heteroatoms. The van der Waals surface area contributed by atoms with Crippen molar-refractivity contribution < 1.29 is 18.5 Å². The molecule has 1 saturated heterocycles. The second-order valence-electron chi connectivity index (χ2n) is 5.96. The number of amides is 1. The minimum Gasteiger partial charge on any atom is -0.451 e. The van der Waals surface area contributed by atoms with E-state index < -0.39 is 0 Å². The van der Waals surface area contributed by atoms with Crippen LogP contribution in [0.3, 0.4) is 0 Å². The van der Waals surface area contributed by atoms with E-state index in [1.807, 2.05) is 26.0 Å². The number of hydrogen-bond acceptors (Lipinski definition) is 6. The van der Waals surface area contributed by atoms with Crippen molar-refractivity contribution in [2.75, 3.05) is 19.8 Å². The number of carbonyl (C=O) groups is 1. The quantitative estimate of drug-likeness (QED) is 0.720. The monoisotopic (exact) mass is 327 g/mol. The van der Waals surface area contributed by atoms with Crippen LogP contribution in [0.4, 0.5) is 0 Å². The molecule has 124 valence electrons. The van der Waals surface area contributed by atoms with E-state index in [4.69, 9.17) is 13.7 Å². The van der Waals surface area contributed by atoms with Gasteiger partial charge >= 0.3 is 0 Å². The summed E-state index contributed by atoms with van der Waals surface area (Å²) in [4.78, 5) is 18.7. The van der Waals surface area contributed by atoms with Crippen LogP contribution < -0.4 is 0 Å². The Hall–Kier alpha value is -2.67. The van der Waals surface area contributed by atoms with Crippen LogP contribution in [-0.2, 0) is 4.74 Å². The molecule has 0 saturated carbocycles. The van der Waals surface area contributed by atoms with Crippen molar-refractivity contribution in [2.24, 2.45) is 0 Å². The number of aryl methyl sites for hydroxylation is 2. The van der Waals surface area contributed by atoms with Crippen molar-refractivity contribution >= 4 is 16.9 Å². The predicted octanol–water partition coefficient (Wildman–Crippen LogP) is 2.65. The number of furan rings is 1. The number of morpholine rings is 1. The maximum atomic E-state index is 12.9. The number of benzene rings is 1. The molecule has 1 amide bonds. The van der Waals surface area contributed by atoms with Crippen molar-refractivity contribution in [2.45, 2.75) is 19.9 Å². The fraction of sp³-hybridized carbons (Fsp3) is 0.353. The zero-order chi connectivity index (χ0) is 16.7. The molecule has 1 aliphatic rings. The SMILES string of the molecule is Cc1cc2cc(C(=O)N3CCOC[C@H]3c3ncon3)oc2cc1C. The van der Waals surface area contributed by atoms with E-state index in [0.717, 1.165) is 10.9 Å². The summed E-state index contributed by atoms with van der Waals surface area (Å²) < 4.78 is 16.1. The lowest BCUT2D eigenvalue weighted by atomic mass is 10.1. The molecule has 0 radical (unpaired) electrons. The highest BCUT2D eigenvalue weighted by Gasteiger charge is 2.33. The van der Waals surface area contributed by atoms with E-state index >= 15 is 0 Å². The van der Waals surface area contributed by atoms with Crippen molar-refractivity contribution in [3.63, 3.8) is 0 Å². The topological polar surface area (TPSA) is 81.6 Å². The summed E-state index contributed by atoms with van der Waals surface area (Å²) in [5, 5.41) is 4.76. The Bertz CT molecular complexity index is 846. The third-order valence-electron chi connectivity index (χ3n) is 4.41. The number of nitrogens with zero attached hydrogens (tertiary/aromatic N) is 3. The van der Waals surface area contributed by atoms with Crippen LogP contribution in [0.2, 0.25) is 0 Å². The molecule has 24 heavy (non-hydrogen) atoms. The van der Waals surface area contributed by atoms with E-state index in [-0.39, 0.29) is 11.9 Å². The van der Waals surface area contributed by atoms with Gasteiger partial charge in [0.05, 0.1) is 13.2 Å². The number of carbonyl (C=O) groups excluding carboxylic acids is 1. The van der Waals surface area contributed by atoms with Crippen molar-refractivity contribution in [1.29, 1.82) is 0 Å². The second kappa shape index (κ2) is 5.76. The lowest BCUT2D eigenvalue weighted by Gasteiger charge is -2.32. The maximum absolute atomic E-state index is 12.9. The second-order valence-corrected chi connectivity index (χ2v) is 5.96. The van der Waals surface area contributed by atoms with Gasteiger partial charge in [0.2, 0.25) is 6.39 Å². The molecular weight excluding hydrogens is 310 g/mol. The molecule has 1 aliphatic heterocycles. The van der Waals surface area contributed by atoms with E-state index in [0.29, 0.717) is 36.9 Å². The first-order valence-corrected chi connectivity index (χ1v) is 7.79. The van der Waals surface area contributed by atoms with E-state index in [1.165, 1.54) is 12.0 Å². The van der Waals surface area contributed by atoms with Gasteiger partial charge in [-0.1, -0.05) is 5.16 Å². The van der Waals surface area contributed by atoms with Crippen LogP contribution in [0, 0.1) is 13.8 Å². The number of rotatable bonds is 2. The zero-order valence-electron chi connectivity index (χ0n) is 13.5. The van der Waals surface area contributed by atoms with Crippen LogP contribution >= 0.6 is 0 Å². The van der Waals surface area contributed by atoms with Crippen molar-refractivity contribution in [3.8, 4) is 0 Å². The van der Waals surface area contributed by atoms with Crippen LogP contribution in [0.1, 0.15) is 33.5 Å². The standard InChI is InChI=1S/C17H17N3O4/c1-10-5-12-7-15(24-14(12)6-11(10)2)17(21)20-3-4-22-8-13(20)16-18-9-23-19-16/h5-7,9,13H,3-4,8H2,1-2H3/t13-/m0/s1. The largest absolute Gasteiger partial charge is 0.451 e. The molecule has 1 fully saturated rings. The van der Waals surface area contributed by atoms with Crippen LogP contribution in [-0.4, -0.2) is 40.7 Å². The summed E-state index contributed by atoms with van der Waals surface area (Å²) in [7, 11) is 0. The Morgan fingerprint density at radius 1 is 1.25 bits per heavy atom. The molecule has 1 aromatic carbocycles. The number of hydrogen-bond donors (Lipinski definition) is 0. The molecule has 3 heterocycles. The third kappa shape index (κ3) is 2.46. The summed E-state index contributed by atoms with van der Waals surface area (Å²) in [5.74, 6) is 0.552. The molecule has 7 nitrogen and oxygen atoms in total. The minimum absolute atomic E-state index is 0.195. The first kappa shape index (κ1) is 14.9. The molecule has 0 spiro atoms. The summed E-state index contributed by atoms with van der Waals surface area (Å²) in [5.41, 5.74) is 3.01. The zero-order valence-corrected chi connectivity index (χ0v) is 13.5. The molecule has 4 rings (SSSR count). The molecule has 0 N–H and O–H groups in total. The highest BCUT2D eigenvalue weighted by Crippen LogP contribution is 2.27. The lowest BCUT2D eigenvalue weighted by Crippen LogP contribution is -2.43. The van der Waals surface area contributed by atoms with Gasteiger partial charge in [0.1, 0.15) is 11.6 Å². The molecule has 0 aliphatic carbocycles. The minimum atomic E-state index is -0.373. The van der Waals surface area contributed by atoms with E-state index in [9.17, 15) is 4.79 Å². The van der Waals surface area contributed by atoms with Gasteiger partial charge in [0.25, 0.3) is 5.91 Å². The lowest BCUT2D eigenvalue weighted by molar-refractivity contribution is -0.00718. The summed E-state index contributed by atoms with van der Waals surface area (Å²) >= 11 is 0. The third-order valence-corrected chi connectivity index (χ3v) is 4.41. The molecule has 3 aromatic rings. The molecular formula is C17H17N3O4. The average molecular weight is 327 g/mol. The van der Waals surface area contributed by atoms with Gasteiger partial charge in [-0.05, 0) is 43.2 Å². The maximum Gasteiger partial charge on any atom is 0.290 e.